The SMILES string of the molecule is CC(=O)C=CC(C)=O.CNC.CNC. The number of carbonyl (C=O) groups is 2. The zero-order valence-corrected chi connectivity index (χ0v) is 9.97. The fraction of sp³-hybridized carbons (Fsp3) is 0.600. The van der Waals surface area contributed by atoms with Crippen LogP contribution in [-0.4, -0.2) is 39.8 Å². The third-order valence-electron chi connectivity index (χ3n) is 0.553. The number of rotatable bonds is 2. The van der Waals surface area contributed by atoms with Gasteiger partial charge in [-0.25, -0.2) is 0 Å². The molecule has 4 nitrogen and oxygen atoms in total. The van der Waals surface area contributed by atoms with Crippen molar-refractivity contribution in [2.75, 3.05) is 28.2 Å². The molecule has 14 heavy (non-hydrogen) atoms. The third kappa shape index (κ3) is 68.8. The van der Waals surface area contributed by atoms with Crippen LogP contribution < -0.4 is 10.6 Å². The maximum Gasteiger partial charge on any atom is 0.152 e. The van der Waals surface area contributed by atoms with Crippen molar-refractivity contribution in [1.82, 2.24) is 10.6 Å². The van der Waals surface area contributed by atoms with Crippen molar-refractivity contribution in [3.8, 4) is 0 Å². The fourth-order valence-electron chi connectivity index (χ4n) is 0.235. The highest BCUT2D eigenvalue weighted by molar-refractivity contribution is 5.96. The van der Waals surface area contributed by atoms with E-state index in [2.05, 4.69) is 10.6 Å². The van der Waals surface area contributed by atoms with Gasteiger partial charge in [0.25, 0.3) is 0 Å². The Morgan fingerprint density at radius 1 is 0.786 bits per heavy atom. The molecule has 0 rings (SSSR count). The third-order valence-corrected chi connectivity index (χ3v) is 0.553. The van der Waals surface area contributed by atoms with Gasteiger partial charge >= 0.3 is 0 Å². The molecule has 0 heterocycles. The summed E-state index contributed by atoms with van der Waals surface area (Å²) in [4.78, 5) is 20.2. The molecule has 0 bridgehead atoms. The van der Waals surface area contributed by atoms with Crippen molar-refractivity contribution in [2.45, 2.75) is 13.8 Å². The van der Waals surface area contributed by atoms with Gasteiger partial charge in [0, 0.05) is 0 Å². The first-order valence-electron chi connectivity index (χ1n) is 4.32. The highest BCUT2D eigenvalue weighted by Gasteiger charge is 1.83. The smallest absolute Gasteiger partial charge is 0.152 e. The van der Waals surface area contributed by atoms with Gasteiger partial charge in [0.1, 0.15) is 0 Å². The van der Waals surface area contributed by atoms with Crippen LogP contribution in [0.1, 0.15) is 13.8 Å². The summed E-state index contributed by atoms with van der Waals surface area (Å²) in [6.07, 6.45) is 2.50. The van der Waals surface area contributed by atoms with E-state index in [1.54, 1.807) is 0 Å². The monoisotopic (exact) mass is 202 g/mol. The normalized spacial score (nSPS) is 8.14. The van der Waals surface area contributed by atoms with Gasteiger partial charge in [-0.05, 0) is 54.2 Å². The van der Waals surface area contributed by atoms with Crippen molar-refractivity contribution in [1.29, 1.82) is 0 Å². The molecule has 0 aromatic heterocycles. The zero-order valence-electron chi connectivity index (χ0n) is 9.97. The molecule has 2 N–H and O–H groups in total. The molecular weight excluding hydrogens is 180 g/mol. The lowest BCUT2D eigenvalue weighted by molar-refractivity contribution is -0.114. The van der Waals surface area contributed by atoms with E-state index in [1.165, 1.54) is 26.0 Å². The molecule has 0 aromatic carbocycles. The predicted molar refractivity (Wildman–Crippen MR) is 60.5 cm³/mol. The maximum absolute atomic E-state index is 10.1. The van der Waals surface area contributed by atoms with Gasteiger partial charge in [-0.3, -0.25) is 9.59 Å². The Hall–Kier alpha value is -1.00. The maximum atomic E-state index is 10.1. The molecule has 0 aliphatic rings. The van der Waals surface area contributed by atoms with Crippen LogP contribution in [0.2, 0.25) is 0 Å². The highest BCUT2D eigenvalue weighted by Crippen LogP contribution is 1.75. The molecule has 84 valence electrons. The van der Waals surface area contributed by atoms with Crippen LogP contribution in [0.15, 0.2) is 12.2 Å². The average molecular weight is 202 g/mol. The van der Waals surface area contributed by atoms with Crippen molar-refractivity contribution >= 4 is 11.6 Å². The predicted octanol–water partition coefficient (Wildman–Crippen LogP) is 0.392. The Labute approximate surface area is 86.8 Å². The molecule has 0 saturated heterocycles. The summed E-state index contributed by atoms with van der Waals surface area (Å²) in [7, 11) is 7.50. The molecule has 0 aliphatic carbocycles. The minimum absolute atomic E-state index is 0.0970. The lowest BCUT2D eigenvalue weighted by Gasteiger charge is -1.74. The lowest BCUT2D eigenvalue weighted by atomic mass is 10.3. The van der Waals surface area contributed by atoms with Crippen LogP contribution >= 0.6 is 0 Å². The van der Waals surface area contributed by atoms with E-state index < -0.39 is 0 Å². The van der Waals surface area contributed by atoms with Gasteiger partial charge in [0.2, 0.25) is 0 Å². The van der Waals surface area contributed by atoms with Crippen molar-refractivity contribution in [3.05, 3.63) is 12.2 Å². The van der Waals surface area contributed by atoms with Crippen LogP contribution in [-0.2, 0) is 9.59 Å². The topological polar surface area (TPSA) is 58.2 Å². The highest BCUT2D eigenvalue weighted by atomic mass is 16.1. The molecule has 0 radical (unpaired) electrons. The Bertz CT molecular complexity index is 148. The van der Waals surface area contributed by atoms with Gasteiger partial charge < -0.3 is 10.6 Å². The lowest BCUT2D eigenvalue weighted by Crippen LogP contribution is -1.89. The van der Waals surface area contributed by atoms with Gasteiger partial charge in [0.15, 0.2) is 11.6 Å². The van der Waals surface area contributed by atoms with Gasteiger partial charge in [0.05, 0.1) is 0 Å². The summed E-state index contributed by atoms with van der Waals surface area (Å²) in [6, 6.07) is 0. The molecule has 0 amide bonds. The van der Waals surface area contributed by atoms with Crippen LogP contribution in [0, 0.1) is 0 Å². The summed E-state index contributed by atoms with van der Waals surface area (Å²) in [5, 5.41) is 5.50. The molecule has 0 aliphatic heterocycles. The minimum Gasteiger partial charge on any atom is -0.323 e. The van der Waals surface area contributed by atoms with Gasteiger partial charge in [-0.1, -0.05) is 0 Å². The van der Waals surface area contributed by atoms with Crippen molar-refractivity contribution in [3.63, 3.8) is 0 Å². The number of hydrogen-bond donors (Lipinski definition) is 2. The molecule has 0 atom stereocenters. The summed E-state index contributed by atoms with van der Waals surface area (Å²) in [5.41, 5.74) is 0. The standard InChI is InChI=1S/C6H8O2.2C2H7N/c1-5(7)3-4-6(2)8;2*1-3-2/h3-4H,1-2H3;2*3H,1-2H3. The second-order valence-corrected chi connectivity index (χ2v) is 2.55. The van der Waals surface area contributed by atoms with Crippen LogP contribution in [0.4, 0.5) is 0 Å². The number of hydrogen-bond acceptors (Lipinski definition) is 4. The Morgan fingerprint density at radius 3 is 1.00 bits per heavy atom. The quantitative estimate of drug-likeness (QED) is 0.636. The Morgan fingerprint density at radius 2 is 0.929 bits per heavy atom. The van der Waals surface area contributed by atoms with E-state index in [-0.39, 0.29) is 11.6 Å². The van der Waals surface area contributed by atoms with Crippen molar-refractivity contribution in [2.24, 2.45) is 0 Å². The van der Waals surface area contributed by atoms with Gasteiger partial charge in [-0.15, -0.1) is 0 Å². The van der Waals surface area contributed by atoms with E-state index in [4.69, 9.17) is 0 Å². The summed E-state index contributed by atoms with van der Waals surface area (Å²) in [5.74, 6) is -0.194. The van der Waals surface area contributed by atoms with E-state index in [1.807, 2.05) is 28.2 Å². The second-order valence-electron chi connectivity index (χ2n) is 2.55. The number of carbonyl (C=O) groups excluding carboxylic acids is 2. The fourth-order valence-corrected chi connectivity index (χ4v) is 0.235. The average Bonchev–Trinajstić information content (AvgIpc) is 2.04. The Balaban J connectivity index is -0.000000168. The van der Waals surface area contributed by atoms with E-state index in [9.17, 15) is 9.59 Å². The number of nitrogens with one attached hydrogen (secondary N) is 2. The Kier molecular flexibility index (Phi) is 24.0. The first-order valence-corrected chi connectivity index (χ1v) is 4.32. The van der Waals surface area contributed by atoms with Crippen LogP contribution in [0.5, 0.6) is 0 Å². The summed E-state index contributed by atoms with van der Waals surface area (Å²) in [6.45, 7) is 2.80. The van der Waals surface area contributed by atoms with Crippen LogP contribution in [0.3, 0.4) is 0 Å². The summed E-state index contributed by atoms with van der Waals surface area (Å²) < 4.78 is 0. The molecular formula is C10H22N2O2. The second kappa shape index (κ2) is 17.9. The molecule has 0 spiro atoms. The van der Waals surface area contributed by atoms with Crippen molar-refractivity contribution < 1.29 is 9.59 Å². The largest absolute Gasteiger partial charge is 0.323 e. The number of allylic oxidation sites excluding steroid dienone is 2. The summed E-state index contributed by atoms with van der Waals surface area (Å²) >= 11 is 0. The number of ketones is 2. The first kappa shape index (κ1) is 18.7. The minimum atomic E-state index is -0.0970. The molecule has 0 aromatic rings. The van der Waals surface area contributed by atoms with E-state index >= 15 is 0 Å². The van der Waals surface area contributed by atoms with Crippen LogP contribution in [0.25, 0.3) is 0 Å². The van der Waals surface area contributed by atoms with E-state index in [0.717, 1.165) is 0 Å². The zero-order chi connectivity index (χ0) is 12.0. The molecule has 0 unspecified atom stereocenters. The molecule has 4 heteroatoms. The first-order chi connectivity index (χ1) is 6.45. The van der Waals surface area contributed by atoms with Gasteiger partial charge in [-0.2, -0.15) is 0 Å². The molecule has 0 fully saturated rings. The van der Waals surface area contributed by atoms with E-state index in [0.29, 0.717) is 0 Å². The molecule has 0 saturated carbocycles.